The Hall–Kier alpha value is -2.67. The summed E-state index contributed by atoms with van der Waals surface area (Å²) in [6.45, 7) is 0.760. The highest BCUT2D eigenvalue weighted by Gasteiger charge is 1.99. The summed E-state index contributed by atoms with van der Waals surface area (Å²) in [7, 11) is 0. The quantitative estimate of drug-likeness (QED) is 0.731. The highest BCUT2D eigenvalue weighted by atomic mass is 16.3. The lowest BCUT2D eigenvalue weighted by Gasteiger charge is -2.08. The molecule has 2 aromatic rings. The molecule has 2 aromatic carbocycles. The van der Waals surface area contributed by atoms with Crippen LogP contribution in [0.15, 0.2) is 42.5 Å². The molecular weight excluding hydrogens is 238 g/mol. The van der Waals surface area contributed by atoms with E-state index in [0.717, 1.165) is 24.2 Å². The first-order chi connectivity index (χ1) is 9.19. The van der Waals surface area contributed by atoms with Crippen LogP contribution in [-0.4, -0.2) is 11.7 Å². The molecule has 0 atom stereocenters. The van der Waals surface area contributed by atoms with E-state index < -0.39 is 0 Å². The van der Waals surface area contributed by atoms with Crippen molar-refractivity contribution in [2.24, 2.45) is 0 Å². The van der Waals surface area contributed by atoms with Gasteiger partial charge in [-0.25, -0.2) is 0 Å². The lowest BCUT2D eigenvalue weighted by Crippen LogP contribution is -2.05. The highest BCUT2D eigenvalue weighted by molar-refractivity contribution is 5.62. The zero-order valence-corrected chi connectivity index (χ0v) is 10.4. The molecule has 0 saturated carbocycles. The average Bonchev–Trinajstić information content (AvgIpc) is 2.41. The van der Waals surface area contributed by atoms with Crippen LogP contribution in [0.5, 0.6) is 5.75 Å². The van der Waals surface area contributed by atoms with Crippen molar-refractivity contribution in [1.82, 2.24) is 0 Å². The largest absolute Gasteiger partial charge is 0.508 e. The second-order valence-corrected chi connectivity index (χ2v) is 4.26. The van der Waals surface area contributed by atoms with E-state index in [9.17, 15) is 5.11 Å². The maximum Gasteiger partial charge on any atom is 0.115 e. The molecule has 4 N–H and O–H groups in total. The van der Waals surface area contributed by atoms with E-state index in [0.29, 0.717) is 11.3 Å². The number of anilines is 2. The predicted molar refractivity (Wildman–Crippen MR) is 75.9 cm³/mol. The number of hydrogen-bond donors (Lipinski definition) is 3. The third-order valence-corrected chi connectivity index (χ3v) is 2.85. The number of phenols is 1. The van der Waals surface area contributed by atoms with Gasteiger partial charge in [-0.1, -0.05) is 12.1 Å². The maximum atomic E-state index is 9.18. The molecule has 19 heavy (non-hydrogen) atoms. The number of hydrogen-bond acceptors (Lipinski definition) is 4. The predicted octanol–water partition coefficient (Wildman–Crippen LogP) is 2.50. The van der Waals surface area contributed by atoms with Gasteiger partial charge < -0.3 is 16.2 Å². The topological polar surface area (TPSA) is 82.1 Å². The van der Waals surface area contributed by atoms with Crippen LogP contribution in [0.25, 0.3) is 0 Å². The molecule has 0 bridgehead atoms. The SMILES string of the molecule is N#Cc1ccc(NCCc2ccc(O)cc2)cc1N. The zero-order valence-electron chi connectivity index (χ0n) is 10.4. The Bertz CT molecular complexity index is 600. The number of rotatable bonds is 4. The van der Waals surface area contributed by atoms with E-state index in [4.69, 9.17) is 11.0 Å². The fourth-order valence-corrected chi connectivity index (χ4v) is 1.79. The van der Waals surface area contributed by atoms with Gasteiger partial charge >= 0.3 is 0 Å². The van der Waals surface area contributed by atoms with Crippen molar-refractivity contribution in [3.63, 3.8) is 0 Å². The van der Waals surface area contributed by atoms with Gasteiger partial charge in [0.25, 0.3) is 0 Å². The van der Waals surface area contributed by atoms with Crippen molar-refractivity contribution in [3.05, 3.63) is 53.6 Å². The number of nitrogens with two attached hydrogens (primary N) is 1. The molecule has 0 amide bonds. The summed E-state index contributed by atoms with van der Waals surface area (Å²) in [6, 6.07) is 14.5. The van der Waals surface area contributed by atoms with Gasteiger partial charge in [-0.15, -0.1) is 0 Å². The van der Waals surface area contributed by atoms with Crippen molar-refractivity contribution in [2.45, 2.75) is 6.42 Å². The Morgan fingerprint density at radius 2 is 1.89 bits per heavy atom. The Balaban J connectivity index is 1.91. The van der Waals surface area contributed by atoms with E-state index in [1.54, 1.807) is 24.3 Å². The van der Waals surface area contributed by atoms with Crippen LogP contribution in [0.3, 0.4) is 0 Å². The Labute approximate surface area is 112 Å². The van der Waals surface area contributed by atoms with Crippen molar-refractivity contribution in [2.75, 3.05) is 17.6 Å². The van der Waals surface area contributed by atoms with E-state index in [1.807, 2.05) is 24.3 Å². The molecule has 0 radical (unpaired) electrons. The molecule has 96 valence electrons. The first-order valence-electron chi connectivity index (χ1n) is 6.00. The Morgan fingerprint density at radius 1 is 1.16 bits per heavy atom. The number of phenolic OH excluding ortho intramolecular Hbond substituents is 1. The standard InChI is InChI=1S/C15H15N3O/c16-10-12-3-4-13(9-15(12)17)18-8-7-11-1-5-14(19)6-2-11/h1-6,9,18-19H,7-8,17H2. The van der Waals surface area contributed by atoms with Gasteiger partial charge in [-0.3, -0.25) is 0 Å². The lowest BCUT2D eigenvalue weighted by atomic mass is 10.1. The molecule has 0 saturated heterocycles. The summed E-state index contributed by atoms with van der Waals surface area (Å²) in [5.41, 5.74) is 8.76. The number of aromatic hydroxyl groups is 1. The number of nitrogens with zero attached hydrogens (tertiary/aromatic N) is 1. The van der Waals surface area contributed by atoms with Crippen LogP contribution < -0.4 is 11.1 Å². The fraction of sp³-hybridized carbons (Fsp3) is 0.133. The van der Waals surface area contributed by atoms with E-state index in [1.165, 1.54) is 0 Å². The van der Waals surface area contributed by atoms with Gasteiger partial charge in [-0.2, -0.15) is 5.26 Å². The van der Waals surface area contributed by atoms with Gasteiger partial charge in [0.1, 0.15) is 11.8 Å². The van der Waals surface area contributed by atoms with E-state index >= 15 is 0 Å². The lowest BCUT2D eigenvalue weighted by molar-refractivity contribution is 0.475. The minimum absolute atomic E-state index is 0.275. The van der Waals surface area contributed by atoms with Crippen molar-refractivity contribution in [1.29, 1.82) is 5.26 Å². The summed E-state index contributed by atoms with van der Waals surface area (Å²) in [5, 5.41) is 21.2. The second-order valence-electron chi connectivity index (χ2n) is 4.26. The summed E-state index contributed by atoms with van der Waals surface area (Å²) < 4.78 is 0. The molecule has 0 heterocycles. The second kappa shape index (κ2) is 5.78. The van der Waals surface area contributed by atoms with Crippen LogP contribution in [0.2, 0.25) is 0 Å². The normalized spacial score (nSPS) is 9.84. The van der Waals surface area contributed by atoms with E-state index in [-0.39, 0.29) is 5.75 Å². The number of nitriles is 1. The number of benzene rings is 2. The van der Waals surface area contributed by atoms with Crippen LogP contribution in [-0.2, 0) is 6.42 Å². The average molecular weight is 253 g/mol. The summed E-state index contributed by atoms with van der Waals surface area (Å²) in [5.74, 6) is 0.275. The summed E-state index contributed by atoms with van der Waals surface area (Å²) >= 11 is 0. The number of nitrogens with one attached hydrogen (secondary N) is 1. The van der Waals surface area contributed by atoms with Gasteiger partial charge in [0.05, 0.1) is 11.3 Å². The molecule has 0 aromatic heterocycles. The first kappa shape index (κ1) is 12.8. The highest BCUT2D eigenvalue weighted by Crippen LogP contribution is 2.17. The molecule has 0 aliphatic carbocycles. The van der Waals surface area contributed by atoms with Crippen LogP contribution >= 0.6 is 0 Å². The molecule has 0 aliphatic heterocycles. The smallest absolute Gasteiger partial charge is 0.115 e. The molecular formula is C15H15N3O. The molecule has 4 nitrogen and oxygen atoms in total. The van der Waals surface area contributed by atoms with Crippen molar-refractivity contribution >= 4 is 11.4 Å². The van der Waals surface area contributed by atoms with Crippen LogP contribution in [0, 0.1) is 11.3 Å². The van der Waals surface area contributed by atoms with Gasteiger partial charge in [0.2, 0.25) is 0 Å². The molecule has 0 spiro atoms. The molecule has 0 aliphatic rings. The third-order valence-electron chi connectivity index (χ3n) is 2.85. The van der Waals surface area contributed by atoms with Crippen molar-refractivity contribution in [3.8, 4) is 11.8 Å². The minimum Gasteiger partial charge on any atom is -0.508 e. The van der Waals surface area contributed by atoms with Gasteiger partial charge in [-0.05, 0) is 42.3 Å². The minimum atomic E-state index is 0.275. The van der Waals surface area contributed by atoms with Gasteiger partial charge in [0, 0.05) is 12.2 Å². The molecule has 0 fully saturated rings. The number of nitrogen functional groups attached to an aromatic ring is 1. The fourth-order valence-electron chi connectivity index (χ4n) is 1.79. The Kier molecular flexibility index (Phi) is 3.89. The van der Waals surface area contributed by atoms with Crippen molar-refractivity contribution < 1.29 is 5.11 Å². The van der Waals surface area contributed by atoms with E-state index in [2.05, 4.69) is 5.32 Å². The molecule has 2 rings (SSSR count). The zero-order chi connectivity index (χ0) is 13.7. The summed E-state index contributed by atoms with van der Waals surface area (Å²) in [4.78, 5) is 0. The van der Waals surface area contributed by atoms with Gasteiger partial charge in [0.15, 0.2) is 0 Å². The Morgan fingerprint density at radius 3 is 2.53 bits per heavy atom. The third kappa shape index (κ3) is 3.39. The monoisotopic (exact) mass is 253 g/mol. The summed E-state index contributed by atoms with van der Waals surface area (Å²) in [6.07, 6.45) is 0.847. The first-order valence-corrected chi connectivity index (χ1v) is 6.00. The van der Waals surface area contributed by atoms with Crippen LogP contribution in [0.4, 0.5) is 11.4 Å². The molecule has 4 heteroatoms. The maximum absolute atomic E-state index is 9.18. The van der Waals surface area contributed by atoms with Crippen LogP contribution in [0.1, 0.15) is 11.1 Å². The molecule has 0 unspecified atom stereocenters.